The van der Waals surface area contributed by atoms with Crippen molar-refractivity contribution >= 4 is 12.2 Å². The van der Waals surface area contributed by atoms with Crippen LogP contribution < -0.4 is 0 Å². The molecule has 4 atom stereocenters. The van der Waals surface area contributed by atoms with E-state index < -0.39 is 0 Å². The molecule has 0 heterocycles. The smallest absolute Gasteiger partial charge is 0.211 e. The molecule has 4 heteroatoms. The van der Waals surface area contributed by atoms with E-state index in [9.17, 15) is 9.59 Å². The summed E-state index contributed by atoms with van der Waals surface area (Å²) in [7, 11) is 0. The first kappa shape index (κ1) is 40.0. The van der Waals surface area contributed by atoms with Crippen molar-refractivity contribution in [2.75, 3.05) is 13.1 Å². The molecule has 1 aliphatic carbocycles. The largest absolute Gasteiger partial charge is 0.234 e. The van der Waals surface area contributed by atoms with Gasteiger partial charge in [-0.3, -0.25) is 0 Å². The highest BCUT2D eigenvalue weighted by atomic mass is 16.1. The molecule has 0 fully saturated rings. The van der Waals surface area contributed by atoms with Crippen molar-refractivity contribution in [2.45, 2.75) is 168 Å². The Morgan fingerprint density at radius 2 is 0.864 bits per heavy atom. The fourth-order valence-corrected chi connectivity index (χ4v) is 6.76. The summed E-state index contributed by atoms with van der Waals surface area (Å²) in [5.74, 6) is 2.57. The molecule has 0 saturated carbocycles. The molecule has 0 amide bonds. The van der Waals surface area contributed by atoms with Crippen LogP contribution in [0.15, 0.2) is 46.4 Å². The number of hydrogen-bond donors (Lipinski definition) is 0. The number of isocyanates is 2. The van der Waals surface area contributed by atoms with Gasteiger partial charge in [0.15, 0.2) is 0 Å². The zero-order chi connectivity index (χ0) is 31.8. The third-order valence-electron chi connectivity index (χ3n) is 9.45. The monoisotopic (exact) mass is 609 g/mol. The van der Waals surface area contributed by atoms with Gasteiger partial charge >= 0.3 is 0 Å². The molecule has 0 aromatic rings. The maximum atomic E-state index is 10.2. The molecule has 4 nitrogen and oxygen atoms in total. The number of carbonyl (C=O) groups excluding carboxylic acids is 2. The lowest BCUT2D eigenvalue weighted by molar-refractivity contribution is 0.257. The van der Waals surface area contributed by atoms with Crippen LogP contribution in [0.1, 0.15) is 168 Å². The van der Waals surface area contributed by atoms with Crippen LogP contribution in [-0.2, 0) is 9.59 Å². The number of aliphatic imine (C=N–C) groups is 2. The maximum absolute atomic E-state index is 10.2. The maximum Gasteiger partial charge on any atom is 0.234 e. The minimum Gasteiger partial charge on any atom is -0.211 e. The first-order valence-electron chi connectivity index (χ1n) is 18.9. The average molecular weight is 609 g/mol. The minimum atomic E-state index is 0.626. The van der Waals surface area contributed by atoms with Crippen molar-refractivity contribution < 1.29 is 9.59 Å². The summed E-state index contributed by atoms with van der Waals surface area (Å²) >= 11 is 0. The molecule has 1 aliphatic rings. The van der Waals surface area contributed by atoms with Crippen LogP contribution in [0.25, 0.3) is 0 Å². The topological polar surface area (TPSA) is 58.9 Å². The summed E-state index contributed by atoms with van der Waals surface area (Å²) < 4.78 is 0. The van der Waals surface area contributed by atoms with Crippen molar-refractivity contribution in [2.24, 2.45) is 33.7 Å². The Balaban J connectivity index is 2.72. The van der Waals surface area contributed by atoms with Gasteiger partial charge in [0, 0.05) is 0 Å². The Labute approximate surface area is 272 Å². The minimum absolute atomic E-state index is 0.626. The highest BCUT2D eigenvalue weighted by molar-refractivity contribution is 5.32. The molecule has 4 unspecified atom stereocenters. The second-order valence-electron chi connectivity index (χ2n) is 13.2. The Hall–Kier alpha value is -2.02. The Bertz CT molecular complexity index is 766. The Kier molecular flexibility index (Phi) is 28.2. The zero-order valence-electron chi connectivity index (χ0n) is 28.9. The van der Waals surface area contributed by atoms with Crippen LogP contribution in [0.2, 0.25) is 0 Å². The predicted molar refractivity (Wildman–Crippen MR) is 190 cm³/mol. The van der Waals surface area contributed by atoms with E-state index in [-0.39, 0.29) is 0 Å². The molecule has 0 aromatic carbocycles. The number of unbranched alkanes of at least 4 members (excludes halogenated alkanes) is 18. The SMILES string of the molecule is CCCCC/C=C/C1C(CCCCCCCCCN=C=O)C=CC(CCCCCCCCCN=C=O)C1/C=C/CCCCC. The lowest BCUT2D eigenvalue weighted by atomic mass is 9.67. The fraction of sp³-hybridized carbons (Fsp3) is 0.800. The van der Waals surface area contributed by atoms with Gasteiger partial charge in [0.2, 0.25) is 12.2 Å². The molecular formula is C40H68N2O2. The van der Waals surface area contributed by atoms with Gasteiger partial charge < -0.3 is 0 Å². The summed E-state index contributed by atoms with van der Waals surface area (Å²) in [4.78, 5) is 27.7. The summed E-state index contributed by atoms with van der Waals surface area (Å²) in [5.41, 5.74) is 0. The molecule has 1 rings (SSSR count). The van der Waals surface area contributed by atoms with Crippen LogP contribution in [0.3, 0.4) is 0 Å². The third-order valence-corrected chi connectivity index (χ3v) is 9.45. The van der Waals surface area contributed by atoms with E-state index in [0.29, 0.717) is 36.8 Å². The van der Waals surface area contributed by atoms with Gasteiger partial charge in [-0.25, -0.2) is 19.6 Å². The van der Waals surface area contributed by atoms with Crippen molar-refractivity contribution in [1.82, 2.24) is 0 Å². The number of rotatable bonds is 30. The first-order valence-corrected chi connectivity index (χ1v) is 18.9. The summed E-state index contributed by atoms with van der Waals surface area (Å²) in [6, 6.07) is 0. The molecule has 0 radical (unpaired) electrons. The zero-order valence-corrected chi connectivity index (χ0v) is 28.9. The molecule has 0 bridgehead atoms. The molecule has 0 aliphatic heterocycles. The van der Waals surface area contributed by atoms with Crippen LogP contribution >= 0.6 is 0 Å². The van der Waals surface area contributed by atoms with Crippen LogP contribution in [0.5, 0.6) is 0 Å². The normalized spacial score (nSPS) is 19.9. The average Bonchev–Trinajstić information content (AvgIpc) is 3.03. The van der Waals surface area contributed by atoms with Crippen molar-refractivity contribution in [1.29, 1.82) is 0 Å². The highest BCUT2D eigenvalue weighted by Gasteiger charge is 2.32. The van der Waals surface area contributed by atoms with E-state index in [1.807, 2.05) is 0 Å². The van der Waals surface area contributed by atoms with Gasteiger partial charge in [-0.05, 0) is 75.0 Å². The van der Waals surface area contributed by atoms with Gasteiger partial charge in [-0.1, -0.05) is 153 Å². The van der Waals surface area contributed by atoms with Gasteiger partial charge in [0.05, 0.1) is 13.1 Å². The molecule has 0 aromatic heterocycles. The third kappa shape index (κ3) is 21.6. The van der Waals surface area contributed by atoms with Gasteiger partial charge in [-0.15, -0.1) is 0 Å². The van der Waals surface area contributed by atoms with E-state index in [0.717, 1.165) is 12.8 Å². The summed E-state index contributed by atoms with van der Waals surface area (Å²) in [6.45, 7) is 5.87. The first-order chi connectivity index (χ1) is 21.8. The standard InChI is InChI=1S/C40H68N2O2/c1-3-5-7-15-23-29-39-37(27-21-17-11-9-13-19-25-33-41-35-43)31-32-38(40(39)30-24-16-8-6-4-2)28-22-18-12-10-14-20-26-34-42-36-44/h23-24,29-32,37-40H,3-22,25-28,33-34H2,1-2H3/b29-23+,30-24+. The van der Waals surface area contributed by atoms with E-state index in [2.05, 4.69) is 60.3 Å². The lowest BCUT2D eigenvalue weighted by Crippen LogP contribution is -2.29. The molecule has 0 saturated heterocycles. The highest BCUT2D eigenvalue weighted by Crippen LogP contribution is 2.41. The quantitative estimate of drug-likeness (QED) is 0.0352. The van der Waals surface area contributed by atoms with E-state index in [1.165, 1.54) is 141 Å². The number of nitrogens with zero attached hydrogens (tertiary/aromatic N) is 2. The lowest BCUT2D eigenvalue weighted by Gasteiger charge is -2.37. The van der Waals surface area contributed by atoms with Crippen molar-refractivity contribution in [3.8, 4) is 0 Å². The summed E-state index contributed by atoms with van der Waals surface area (Å²) in [5, 5.41) is 0. The van der Waals surface area contributed by atoms with Crippen molar-refractivity contribution in [3.05, 3.63) is 36.5 Å². The number of hydrogen-bond acceptors (Lipinski definition) is 4. The molecule has 0 N–H and O–H groups in total. The van der Waals surface area contributed by atoms with Crippen LogP contribution in [0, 0.1) is 23.7 Å². The van der Waals surface area contributed by atoms with Crippen LogP contribution in [-0.4, -0.2) is 25.2 Å². The summed E-state index contributed by atoms with van der Waals surface area (Å²) in [6.07, 6.45) is 49.2. The van der Waals surface area contributed by atoms with Crippen LogP contribution in [0.4, 0.5) is 0 Å². The Morgan fingerprint density at radius 3 is 1.23 bits per heavy atom. The van der Waals surface area contributed by atoms with Gasteiger partial charge in [-0.2, -0.15) is 0 Å². The number of allylic oxidation sites excluding steroid dienone is 6. The van der Waals surface area contributed by atoms with Crippen molar-refractivity contribution in [3.63, 3.8) is 0 Å². The second kappa shape index (κ2) is 31.0. The molecule has 250 valence electrons. The Morgan fingerprint density at radius 1 is 0.500 bits per heavy atom. The molecular weight excluding hydrogens is 540 g/mol. The van der Waals surface area contributed by atoms with E-state index >= 15 is 0 Å². The molecule has 44 heavy (non-hydrogen) atoms. The molecule has 0 spiro atoms. The van der Waals surface area contributed by atoms with E-state index in [1.54, 1.807) is 12.2 Å². The van der Waals surface area contributed by atoms with Gasteiger partial charge in [0.1, 0.15) is 0 Å². The fourth-order valence-electron chi connectivity index (χ4n) is 6.76. The second-order valence-corrected chi connectivity index (χ2v) is 13.2. The predicted octanol–water partition coefficient (Wildman–Crippen LogP) is 12.2. The van der Waals surface area contributed by atoms with Gasteiger partial charge in [0.25, 0.3) is 0 Å². The van der Waals surface area contributed by atoms with E-state index in [4.69, 9.17) is 0 Å².